The third-order valence-corrected chi connectivity index (χ3v) is 3.47. The summed E-state index contributed by atoms with van der Waals surface area (Å²) in [5.74, 6) is -0.425. The first-order valence-corrected chi connectivity index (χ1v) is 5.50. The van der Waals surface area contributed by atoms with Crippen molar-refractivity contribution in [2.45, 2.75) is 38.1 Å². The average molecular weight is 208 g/mol. The smallest absolute Gasteiger partial charge is 0.320 e. The lowest BCUT2D eigenvalue weighted by Crippen LogP contribution is -2.41. The van der Waals surface area contributed by atoms with Crippen LogP contribution < -0.4 is 5.32 Å². The zero-order valence-corrected chi connectivity index (χ0v) is 8.70. The first-order chi connectivity index (χ1) is 7.17. The second kappa shape index (κ2) is 3.82. The fraction of sp³-hybridized carbons (Fsp3) is 0.818. The number of rotatable bonds is 6. The number of nitriles is 1. The van der Waals surface area contributed by atoms with Crippen molar-refractivity contribution in [2.75, 3.05) is 6.54 Å². The maximum atomic E-state index is 10.9. The molecule has 1 unspecified atom stereocenters. The molecule has 15 heavy (non-hydrogen) atoms. The highest BCUT2D eigenvalue weighted by molar-refractivity contribution is 5.74. The molecule has 0 aromatic heterocycles. The van der Waals surface area contributed by atoms with E-state index in [4.69, 9.17) is 10.4 Å². The van der Waals surface area contributed by atoms with Crippen molar-refractivity contribution in [3.63, 3.8) is 0 Å². The molecule has 0 heterocycles. The molecule has 0 aromatic rings. The molecule has 4 nitrogen and oxygen atoms in total. The Hall–Kier alpha value is -1.08. The Kier molecular flexibility index (Phi) is 2.66. The molecular formula is C11H16N2O2. The molecule has 0 saturated heterocycles. The van der Waals surface area contributed by atoms with Gasteiger partial charge in [-0.3, -0.25) is 4.79 Å². The standard InChI is InChI=1S/C11H16N2O2/c12-6-5-11(3-4-11)7-13-9(10(14)15)8-1-2-8/h8-9,13H,1-5,7H2,(H,14,15). The topological polar surface area (TPSA) is 73.1 Å². The summed E-state index contributed by atoms with van der Waals surface area (Å²) in [6.45, 7) is 0.689. The molecule has 2 aliphatic rings. The van der Waals surface area contributed by atoms with Crippen LogP contribution in [-0.2, 0) is 4.79 Å². The summed E-state index contributed by atoms with van der Waals surface area (Å²) in [6.07, 6.45) is 4.72. The van der Waals surface area contributed by atoms with Gasteiger partial charge in [0.1, 0.15) is 6.04 Å². The highest BCUT2D eigenvalue weighted by Crippen LogP contribution is 2.48. The van der Waals surface area contributed by atoms with Crippen LogP contribution in [-0.4, -0.2) is 23.7 Å². The molecule has 2 saturated carbocycles. The zero-order valence-electron chi connectivity index (χ0n) is 8.70. The molecule has 2 aliphatic carbocycles. The van der Waals surface area contributed by atoms with Gasteiger partial charge in [0.2, 0.25) is 0 Å². The van der Waals surface area contributed by atoms with Crippen molar-refractivity contribution in [1.82, 2.24) is 5.32 Å². The van der Waals surface area contributed by atoms with Gasteiger partial charge in [-0.2, -0.15) is 5.26 Å². The Bertz CT molecular complexity index is 300. The van der Waals surface area contributed by atoms with E-state index in [2.05, 4.69) is 11.4 Å². The lowest BCUT2D eigenvalue weighted by molar-refractivity contribution is -0.140. The maximum absolute atomic E-state index is 10.9. The lowest BCUT2D eigenvalue weighted by Gasteiger charge is -2.17. The Morgan fingerprint density at radius 3 is 2.67 bits per heavy atom. The number of hydrogen-bond donors (Lipinski definition) is 2. The fourth-order valence-electron chi connectivity index (χ4n) is 1.97. The number of carboxylic acids is 1. The van der Waals surface area contributed by atoms with Crippen LogP contribution in [0.25, 0.3) is 0 Å². The third kappa shape index (κ3) is 2.48. The van der Waals surface area contributed by atoms with Gasteiger partial charge in [0.25, 0.3) is 0 Å². The first-order valence-electron chi connectivity index (χ1n) is 5.50. The van der Waals surface area contributed by atoms with Crippen LogP contribution in [0.1, 0.15) is 32.1 Å². The predicted molar refractivity (Wildman–Crippen MR) is 54.0 cm³/mol. The summed E-state index contributed by atoms with van der Waals surface area (Å²) in [5.41, 5.74) is 0.0946. The SMILES string of the molecule is N#CCC1(CNC(C(=O)O)C2CC2)CC1. The van der Waals surface area contributed by atoms with Crippen LogP contribution in [0.15, 0.2) is 0 Å². The third-order valence-electron chi connectivity index (χ3n) is 3.47. The minimum absolute atomic E-state index is 0.0946. The zero-order chi connectivity index (χ0) is 10.9. The summed E-state index contributed by atoms with van der Waals surface area (Å²) in [7, 11) is 0. The molecule has 0 spiro atoms. The largest absolute Gasteiger partial charge is 0.480 e. The van der Waals surface area contributed by atoms with Crippen molar-refractivity contribution in [2.24, 2.45) is 11.3 Å². The van der Waals surface area contributed by atoms with Crippen molar-refractivity contribution < 1.29 is 9.90 Å². The molecule has 0 aromatic carbocycles. The summed E-state index contributed by atoms with van der Waals surface area (Å²) in [6, 6.07) is 1.79. The maximum Gasteiger partial charge on any atom is 0.320 e. The molecule has 0 radical (unpaired) electrons. The highest BCUT2D eigenvalue weighted by Gasteiger charge is 2.44. The van der Waals surface area contributed by atoms with Gasteiger partial charge in [0, 0.05) is 13.0 Å². The molecule has 0 aliphatic heterocycles. The molecular weight excluding hydrogens is 192 g/mol. The summed E-state index contributed by atoms with van der Waals surface area (Å²) in [4.78, 5) is 10.9. The Morgan fingerprint density at radius 1 is 1.60 bits per heavy atom. The van der Waals surface area contributed by atoms with Gasteiger partial charge < -0.3 is 10.4 Å². The highest BCUT2D eigenvalue weighted by atomic mass is 16.4. The van der Waals surface area contributed by atoms with Crippen LogP contribution in [0.3, 0.4) is 0 Å². The Labute approximate surface area is 89.3 Å². The van der Waals surface area contributed by atoms with E-state index in [0.717, 1.165) is 25.7 Å². The first kappa shape index (κ1) is 10.4. The molecule has 2 N–H and O–H groups in total. The summed E-state index contributed by atoms with van der Waals surface area (Å²) in [5, 5.41) is 20.8. The number of nitrogens with one attached hydrogen (secondary N) is 1. The predicted octanol–water partition coefficient (Wildman–Crippen LogP) is 1.13. The monoisotopic (exact) mass is 208 g/mol. The molecule has 0 amide bonds. The van der Waals surface area contributed by atoms with Gasteiger partial charge in [0.15, 0.2) is 0 Å². The van der Waals surface area contributed by atoms with E-state index in [1.54, 1.807) is 0 Å². The quantitative estimate of drug-likeness (QED) is 0.686. The van der Waals surface area contributed by atoms with E-state index >= 15 is 0 Å². The van der Waals surface area contributed by atoms with Gasteiger partial charge in [0.05, 0.1) is 6.07 Å². The van der Waals surface area contributed by atoms with E-state index in [0.29, 0.717) is 18.9 Å². The molecule has 4 heteroatoms. The van der Waals surface area contributed by atoms with Crippen LogP contribution in [0.4, 0.5) is 0 Å². The van der Waals surface area contributed by atoms with Crippen molar-refractivity contribution in [3.05, 3.63) is 0 Å². The van der Waals surface area contributed by atoms with Gasteiger partial charge in [-0.05, 0) is 37.0 Å². The molecule has 2 rings (SSSR count). The van der Waals surface area contributed by atoms with Crippen LogP contribution >= 0.6 is 0 Å². The van der Waals surface area contributed by atoms with Crippen molar-refractivity contribution >= 4 is 5.97 Å². The minimum Gasteiger partial charge on any atom is -0.480 e. The normalized spacial score (nSPS) is 24.2. The number of aliphatic carboxylic acids is 1. The van der Waals surface area contributed by atoms with E-state index in [9.17, 15) is 4.79 Å². The van der Waals surface area contributed by atoms with Crippen molar-refractivity contribution in [3.8, 4) is 6.07 Å². The van der Waals surface area contributed by atoms with Gasteiger partial charge in [-0.15, -0.1) is 0 Å². The van der Waals surface area contributed by atoms with Crippen LogP contribution in [0.5, 0.6) is 0 Å². The van der Waals surface area contributed by atoms with Gasteiger partial charge in [-0.1, -0.05) is 0 Å². The number of carbonyl (C=O) groups is 1. The van der Waals surface area contributed by atoms with Crippen molar-refractivity contribution in [1.29, 1.82) is 5.26 Å². The molecule has 2 fully saturated rings. The van der Waals surface area contributed by atoms with Gasteiger partial charge in [-0.25, -0.2) is 0 Å². The Morgan fingerprint density at radius 2 is 2.27 bits per heavy atom. The second-order valence-electron chi connectivity index (χ2n) is 4.87. The molecule has 1 atom stereocenters. The number of nitrogens with zero attached hydrogens (tertiary/aromatic N) is 1. The van der Waals surface area contributed by atoms with E-state index < -0.39 is 5.97 Å². The molecule has 82 valence electrons. The lowest BCUT2D eigenvalue weighted by atomic mass is 10.0. The van der Waals surface area contributed by atoms with Crippen LogP contribution in [0, 0.1) is 22.7 Å². The second-order valence-corrected chi connectivity index (χ2v) is 4.87. The van der Waals surface area contributed by atoms with E-state index in [1.165, 1.54) is 0 Å². The molecule has 0 bridgehead atoms. The fourth-order valence-corrected chi connectivity index (χ4v) is 1.97. The van der Waals surface area contributed by atoms with E-state index in [-0.39, 0.29) is 11.5 Å². The average Bonchev–Trinajstić information content (AvgIpc) is 3.01. The summed E-state index contributed by atoms with van der Waals surface area (Å²) < 4.78 is 0. The minimum atomic E-state index is -0.745. The number of carboxylic acid groups (broad SMARTS) is 1. The van der Waals surface area contributed by atoms with Gasteiger partial charge >= 0.3 is 5.97 Å². The Balaban J connectivity index is 1.81. The van der Waals surface area contributed by atoms with E-state index in [1.807, 2.05) is 0 Å². The number of hydrogen-bond acceptors (Lipinski definition) is 3. The summed E-state index contributed by atoms with van der Waals surface area (Å²) >= 11 is 0. The van der Waals surface area contributed by atoms with Crippen LogP contribution in [0.2, 0.25) is 0 Å².